The highest BCUT2D eigenvalue weighted by Crippen LogP contribution is 2.36. The summed E-state index contributed by atoms with van der Waals surface area (Å²) in [5.41, 5.74) is -0.305. The van der Waals surface area contributed by atoms with Crippen LogP contribution >= 0.6 is 23.2 Å². The first kappa shape index (κ1) is 16.1. The van der Waals surface area contributed by atoms with Crippen LogP contribution in [-0.4, -0.2) is 35.0 Å². The second-order valence-corrected chi connectivity index (χ2v) is 6.20. The van der Waals surface area contributed by atoms with Crippen LogP contribution in [0.5, 0.6) is 0 Å². The molecule has 21 heavy (non-hydrogen) atoms. The third kappa shape index (κ3) is 3.16. The first-order chi connectivity index (χ1) is 9.89. The number of aliphatic carboxylic acids is 1. The van der Waals surface area contributed by atoms with Crippen LogP contribution in [0, 0.1) is 5.41 Å². The van der Waals surface area contributed by atoms with Gasteiger partial charge in [0.25, 0.3) is 5.91 Å². The van der Waals surface area contributed by atoms with Crippen LogP contribution in [0.1, 0.15) is 36.5 Å². The summed E-state index contributed by atoms with van der Waals surface area (Å²) < 4.78 is 0. The van der Waals surface area contributed by atoms with Crippen LogP contribution in [0.25, 0.3) is 0 Å². The number of hydrogen-bond donors (Lipinski definition) is 1. The molecule has 1 N–H and O–H groups in total. The van der Waals surface area contributed by atoms with E-state index in [1.807, 2.05) is 6.92 Å². The summed E-state index contributed by atoms with van der Waals surface area (Å²) in [6.45, 7) is 2.73. The molecule has 1 heterocycles. The summed E-state index contributed by atoms with van der Waals surface area (Å²) in [6.07, 6.45) is 1.51. The molecule has 114 valence electrons. The molecule has 0 spiro atoms. The molecule has 1 aliphatic rings. The standard InChI is InChI=1S/C15H17Cl2NO3/c1-2-15(14(20)21)5-7-18(8-6-15)13(19)11-4-3-10(16)9-12(11)17/h3-4,9H,2,5-8H2,1H3,(H,20,21). The van der Waals surface area contributed by atoms with Gasteiger partial charge in [-0.3, -0.25) is 9.59 Å². The summed E-state index contributed by atoms with van der Waals surface area (Å²) in [6, 6.07) is 4.76. The molecule has 2 rings (SSSR count). The fourth-order valence-electron chi connectivity index (χ4n) is 2.69. The van der Waals surface area contributed by atoms with Crippen molar-refractivity contribution in [1.82, 2.24) is 4.90 Å². The SMILES string of the molecule is CCC1(C(=O)O)CCN(C(=O)c2ccc(Cl)cc2Cl)CC1. The highest BCUT2D eigenvalue weighted by molar-refractivity contribution is 6.36. The van der Waals surface area contributed by atoms with E-state index in [1.165, 1.54) is 6.07 Å². The molecule has 1 amide bonds. The first-order valence-corrected chi connectivity index (χ1v) is 7.63. The van der Waals surface area contributed by atoms with Gasteiger partial charge in [0.15, 0.2) is 0 Å². The third-order valence-corrected chi connectivity index (χ3v) is 4.85. The molecule has 0 saturated carbocycles. The van der Waals surface area contributed by atoms with Crippen LogP contribution < -0.4 is 0 Å². The Morgan fingerprint density at radius 1 is 1.29 bits per heavy atom. The lowest BCUT2D eigenvalue weighted by Gasteiger charge is -2.38. The van der Waals surface area contributed by atoms with Gasteiger partial charge in [0.1, 0.15) is 0 Å². The zero-order valence-electron chi connectivity index (χ0n) is 11.7. The Bertz CT molecular complexity index is 566. The fraction of sp³-hybridized carbons (Fsp3) is 0.467. The van der Waals surface area contributed by atoms with Gasteiger partial charge < -0.3 is 10.0 Å². The number of carbonyl (C=O) groups excluding carboxylic acids is 1. The smallest absolute Gasteiger partial charge is 0.309 e. The monoisotopic (exact) mass is 329 g/mol. The van der Waals surface area contributed by atoms with Gasteiger partial charge >= 0.3 is 5.97 Å². The maximum atomic E-state index is 12.5. The number of halogens is 2. The molecule has 1 fully saturated rings. The molecule has 0 aliphatic carbocycles. The van der Waals surface area contributed by atoms with Gasteiger partial charge in [-0.15, -0.1) is 0 Å². The minimum Gasteiger partial charge on any atom is -0.481 e. The number of amides is 1. The van der Waals surface area contributed by atoms with Crippen LogP contribution in [0.2, 0.25) is 10.0 Å². The molecular formula is C15H17Cl2NO3. The van der Waals surface area contributed by atoms with Crippen molar-refractivity contribution in [3.8, 4) is 0 Å². The molecule has 1 aliphatic heterocycles. The minimum absolute atomic E-state index is 0.174. The highest BCUT2D eigenvalue weighted by atomic mass is 35.5. The Morgan fingerprint density at radius 3 is 2.38 bits per heavy atom. The van der Waals surface area contributed by atoms with E-state index in [-0.39, 0.29) is 5.91 Å². The van der Waals surface area contributed by atoms with Crippen molar-refractivity contribution in [1.29, 1.82) is 0 Å². The van der Waals surface area contributed by atoms with E-state index in [0.29, 0.717) is 48.0 Å². The minimum atomic E-state index is -0.776. The quantitative estimate of drug-likeness (QED) is 0.919. The molecule has 1 aromatic carbocycles. The molecule has 0 atom stereocenters. The number of hydrogen-bond acceptors (Lipinski definition) is 2. The van der Waals surface area contributed by atoms with Gasteiger partial charge in [0.05, 0.1) is 16.0 Å². The van der Waals surface area contributed by atoms with Gasteiger partial charge in [0.2, 0.25) is 0 Å². The van der Waals surface area contributed by atoms with Gasteiger partial charge in [-0.25, -0.2) is 0 Å². The van der Waals surface area contributed by atoms with E-state index in [9.17, 15) is 14.7 Å². The lowest BCUT2D eigenvalue weighted by Crippen LogP contribution is -2.46. The Labute approximate surface area is 133 Å². The van der Waals surface area contributed by atoms with Crippen LogP contribution in [-0.2, 0) is 4.79 Å². The second-order valence-electron chi connectivity index (χ2n) is 5.36. The average molecular weight is 330 g/mol. The van der Waals surface area contributed by atoms with Crippen molar-refractivity contribution in [3.05, 3.63) is 33.8 Å². The lowest BCUT2D eigenvalue weighted by atomic mass is 9.76. The van der Waals surface area contributed by atoms with Gasteiger partial charge in [-0.05, 0) is 37.5 Å². The molecule has 1 saturated heterocycles. The van der Waals surface area contributed by atoms with Gasteiger partial charge in [-0.2, -0.15) is 0 Å². The maximum absolute atomic E-state index is 12.5. The zero-order chi connectivity index (χ0) is 15.6. The number of carboxylic acids is 1. The molecule has 0 unspecified atom stereocenters. The Balaban J connectivity index is 2.12. The van der Waals surface area contributed by atoms with Crippen molar-refractivity contribution < 1.29 is 14.7 Å². The number of carboxylic acid groups (broad SMARTS) is 1. The Hall–Kier alpha value is -1.26. The van der Waals surface area contributed by atoms with E-state index >= 15 is 0 Å². The zero-order valence-corrected chi connectivity index (χ0v) is 13.2. The molecule has 0 bridgehead atoms. The van der Waals surface area contributed by atoms with Crippen molar-refractivity contribution in [3.63, 3.8) is 0 Å². The second kappa shape index (κ2) is 6.24. The Morgan fingerprint density at radius 2 is 1.90 bits per heavy atom. The first-order valence-electron chi connectivity index (χ1n) is 6.87. The van der Waals surface area contributed by atoms with Crippen LogP contribution in [0.15, 0.2) is 18.2 Å². The van der Waals surface area contributed by atoms with Crippen molar-refractivity contribution in [2.24, 2.45) is 5.41 Å². The Kier molecular flexibility index (Phi) is 4.79. The summed E-state index contributed by atoms with van der Waals surface area (Å²) >= 11 is 11.9. The summed E-state index contributed by atoms with van der Waals surface area (Å²) in [5.74, 6) is -0.951. The number of piperidine rings is 1. The van der Waals surface area contributed by atoms with Crippen molar-refractivity contribution >= 4 is 35.1 Å². The number of likely N-dealkylation sites (tertiary alicyclic amines) is 1. The molecule has 6 heteroatoms. The summed E-state index contributed by atoms with van der Waals surface area (Å²) in [5, 5.41) is 10.2. The van der Waals surface area contributed by atoms with Crippen molar-refractivity contribution in [2.75, 3.05) is 13.1 Å². The normalized spacial score (nSPS) is 17.6. The predicted octanol–water partition coefficient (Wildman–Crippen LogP) is 3.71. The van der Waals surface area contributed by atoms with E-state index < -0.39 is 11.4 Å². The van der Waals surface area contributed by atoms with Gasteiger partial charge in [-0.1, -0.05) is 30.1 Å². The fourth-order valence-corrected chi connectivity index (χ4v) is 3.18. The molecule has 4 nitrogen and oxygen atoms in total. The number of carbonyl (C=O) groups is 2. The summed E-state index contributed by atoms with van der Waals surface area (Å²) in [7, 11) is 0. The number of benzene rings is 1. The van der Waals surface area contributed by atoms with Gasteiger partial charge in [0, 0.05) is 18.1 Å². The van der Waals surface area contributed by atoms with Crippen LogP contribution in [0.4, 0.5) is 0 Å². The van der Waals surface area contributed by atoms with E-state index in [2.05, 4.69) is 0 Å². The molecule has 1 aromatic rings. The molecule has 0 radical (unpaired) electrons. The topological polar surface area (TPSA) is 57.6 Å². The number of nitrogens with zero attached hydrogens (tertiary/aromatic N) is 1. The number of rotatable bonds is 3. The van der Waals surface area contributed by atoms with E-state index in [4.69, 9.17) is 23.2 Å². The largest absolute Gasteiger partial charge is 0.481 e. The molecule has 0 aromatic heterocycles. The van der Waals surface area contributed by atoms with E-state index in [1.54, 1.807) is 17.0 Å². The third-order valence-electron chi connectivity index (χ3n) is 4.30. The van der Waals surface area contributed by atoms with E-state index in [0.717, 1.165) is 0 Å². The van der Waals surface area contributed by atoms with Crippen molar-refractivity contribution in [2.45, 2.75) is 26.2 Å². The molecular weight excluding hydrogens is 313 g/mol. The lowest BCUT2D eigenvalue weighted by molar-refractivity contribution is -0.152. The highest BCUT2D eigenvalue weighted by Gasteiger charge is 2.41. The summed E-state index contributed by atoms with van der Waals surface area (Å²) in [4.78, 5) is 25.5. The predicted molar refractivity (Wildman–Crippen MR) is 82.0 cm³/mol. The van der Waals surface area contributed by atoms with Crippen LogP contribution in [0.3, 0.4) is 0 Å². The maximum Gasteiger partial charge on any atom is 0.309 e. The average Bonchev–Trinajstić information content (AvgIpc) is 2.46.